The zero-order valence-electron chi connectivity index (χ0n) is 14.5. The van der Waals surface area contributed by atoms with E-state index >= 15 is 0 Å². The van der Waals surface area contributed by atoms with Crippen LogP contribution in [0.1, 0.15) is 70.1 Å². The fourth-order valence-corrected chi connectivity index (χ4v) is 2.88. The molecule has 0 aliphatic rings. The Bertz CT molecular complexity index is 607. The highest BCUT2D eigenvalue weighted by atomic mass is 16.3. The molecule has 0 saturated heterocycles. The first-order valence-corrected chi connectivity index (χ1v) is 9.02. The van der Waals surface area contributed by atoms with E-state index in [1.54, 1.807) is 6.26 Å². The quantitative estimate of drug-likeness (QED) is 0.587. The average molecular weight is 328 g/mol. The van der Waals surface area contributed by atoms with Crippen LogP contribution in [0.5, 0.6) is 0 Å². The molecular weight excluding hydrogens is 300 g/mol. The molecule has 0 saturated carbocycles. The van der Waals surface area contributed by atoms with Gasteiger partial charge in [-0.1, -0.05) is 82.2 Å². The molecule has 1 atom stereocenters. The van der Waals surface area contributed by atoms with Crippen LogP contribution >= 0.6 is 0 Å². The Morgan fingerprint density at radius 3 is 2.42 bits per heavy atom. The van der Waals surface area contributed by atoms with Crippen molar-refractivity contribution in [3.8, 4) is 11.3 Å². The maximum Gasteiger partial charge on any atom is 0.229 e. The van der Waals surface area contributed by atoms with Crippen LogP contribution in [0.3, 0.4) is 0 Å². The molecule has 4 nitrogen and oxygen atoms in total. The summed E-state index contributed by atoms with van der Waals surface area (Å²) in [6.45, 7) is 2.22. The molecule has 130 valence electrons. The van der Waals surface area contributed by atoms with E-state index in [2.05, 4.69) is 11.9 Å². The molecule has 0 spiro atoms. The molecular formula is C20H28N2O2. The van der Waals surface area contributed by atoms with Gasteiger partial charge in [-0.25, -0.2) is 4.98 Å². The van der Waals surface area contributed by atoms with E-state index < -0.39 is 5.92 Å². The van der Waals surface area contributed by atoms with E-state index in [-0.39, 0.29) is 5.91 Å². The number of carbonyl (C=O) groups excluding carboxylic acids is 1. The van der Waals surface area contributed by atoms with E-state index in [0.29, 0.717) is 12.3 Å². The van der Waals surface area contributed by atoms with Crippen molar-refractivity contribution < 1.29 is 9.21 Å². The van der Waals surface area contributed by atoms with E-state index in [1.807, 2.05) is 30.3 Å². The first-order chi connectivity index (χ1) is 11.7. The van der Waals surface area contributed by atoms with Gasteiger partial charge in [0.1, 0.15) is 17.9 Å². The van der Waals surface area contributed by atoms with Crippen molar-refractivity contribution in [1.29, 1.82) is 0 Å². The second kappa shape index (κ2) is 9.91. The Labute approximate surface area is 144 Å². The summed E-state index contributed by atoms with van der Waals surface area (Å²) in [7, 11) is 0. The normalized spacial score (nSPS) is 12.2. The van der Waals surface area contributed by atoms with Gasteiger partial charge in [0.05, 0.1) is 0 Å². The third-order valence-electron chi connectivity index (χ3n) is 4.33. The van der Waals surface area contributed by atoms with Crippen molar-refractivity contribution in [3.05, 3.63) is 42.5 Å². The standard InChI is InChI=1S/C20H28N2O2/c1-2-3-4-5-6-7-11-14-17(19(21)23)20-22-18(15-24-20)16-12-9-8-10-13-16/h8-10,12-13,15,17H,2-7,11,14H2,1H3,(H2,21,23). The second-order valence-corrected chi connectivity index (χ2v) is 6.30. The molecule has 1 aromatic carbocycles. The van der Waals surface area contributed by atoms with E-state index in [4.69, 9.17) is 10.2 Å². The molecule has 0 bridgehead atoms. The van der Waals surface area contributed by atoms with Crippen molar-refractivity contribution in [1.82, 2.24) is 4.98 Å². The number of amides is 1. The summed E-state index contributed by atoms with van der Waals surface area (Å²) in [5.41, 5.74) is 7.28. The van der Waals surface area contributed by atoms with E-state index in [9.17, 15) is 4.79 Å². The lowest BCUT2D eigenvalue weighted by atomic mass is 9.99. The number of aromatic nitrogens is 1. The minimum Gasteiger partial charge on any atom is -0.447 e. The predicted molar refractivity (Wildman–Crippen MR) is 96.5 cm³/mol. The van der Waals surface area contributed by atoms with Crippen molar-refractivity contribution in [2.45, 2.75) is 64.2 Å². The molecule has 4 heteroatoms. The Morgan fingerprint density at radius 1 is 1.08 bits per heavy atom. The Morgan fingerprint density at radius 2 is 1.75 bits per heavy atom. The number of nitrogens with zero attached hydrogens (tertiary/aromatic N) is 1. The maximum absolute atomic E-state index is 11.8. The van der Waals surface area contributed by atoms with Crippen LogP contribution in [0.4, 0.5) is 0 Å². The fourth-order valence-electron chi connectivity index (χ4n) is 2.88. The lowest BCUT2D eigenvalue weighted by Crippen LogP contribution is -2.21. The van der Waals surface area contributed by atoms with Gasteiger partial charge in [-0.3, -0.25) is 4.79 Å². The minimum atomic E-state index is -0.432. The topological polar surface area (TPSA) is 69.1 Å². The number of carbonyl (C=O) groups is 1. The molecule has 2 rings (SSSR count). The number of unbranched alkanes of at least 4 members (excludes halogenated alkanes) is 6. The number of rotatable bonds is 11. The predicted octanol–water partition coefficient (Wildman–Crippen LogP) is 5.05. The molecule has 1 aromatic heterocycles. The first kappa shape index (κ1) is 18.2. The molecule has 0 aliphatic heterocycles. The van der Waals surface area contributed by atoms with Gasteiger partial charge in [0.15, 0.2) is 0 Å². The van der Waals surface area contributed by atoms with Crippen LogP contribution in [0, 0.1) is 0 Å². The van der Waals surface area contributed by atoms with Crippen LogP contribution < -0.4 is 5.73 Å². The smallest absolute Gasteiger partial charge is 0.229 e. The van der Waals surface area contributed by atoms with Gasteiger partial charge in [-0.2, -0.15) is 0 Å². The summed E-state index contributed by atoms with van der Waals surface area (Å²) in [4.78, 5) is 16.2. The zero-order valence-corrected chi connectivity index (χ0v) is 14.5. The van der Waals surface area contributed by atoms with E-state index in [1.165, 1.54) is 32.1 Å². The van der Waals surface area contributed by atoms with Gasteiger partial charge >= 0.3 is 0 Å². The van der Waals surface area contributed by atoms with Crippen LogP contribution in [-0.4, -0.2) is 10.9 Å². The Balaban J connectivity index is 1.87. The number of hydrogen-bond donors (Lipinski definition) is 1. The van der Waals surface area contributed by atoms with Crippen LogP contribution in [0.15, 0.2) is 41.0 Å². The summed E-state index contributed by atoms with van der Waals surface area (Å²) >= 11 is 0. The summed E-state index contributed by atoms with van der Waals surface area (Å²) in [5.74, 6) is -0.354. The van der Waals surface area contributed by atoms with E-state index in [0.717, 1.165) is 24.1 Å². The minimum absolute atomic E-state index is 0.359. The molecule has 1 unspecified atom stereocenters. The second-order valence-electron chi connectivity index (χ2n) is 6.30. The monoisotopic (exact) mass is 328 g/mol. The molecule has 0 radical (unpaired) electrons. The van der Waals surface area contributed by atoms with Gasteiger partial charge < -0.3 is 10.2 Å². The molecule has 2 N–H and O–H groups in total. The molecule has 0 fully saturated rings. The summed E-state index contributed by atoms with van der Waals surface area (Å²) < 4.78 is 5.54. The van der Waals surface area contributed by atoms with Gasteiger partial charge in [-0.15, -0.1) is 0 Å². The van der Waals surface area contributed by atoms with Crippen molar-refractivity contribution >= 4 is 5.91 Å². The van der Waals surface area contributed by atoms with Gasteiger partial charge in [0.2, 0.25) is 11.8 Å². The van der Waals surface area contributed by atoms with Crippen LogP contribution in [-0.2, 0) is 4.79 Å². The Hall–Kier alpha value is -2.10. The summed E-state index contributed by atoms with van der Waals surface area (Å²) in [6, 6.07) is 9.80. The van der Waals surface area contributed by atoms with Crippen molar-refractivity contribution in [2.75, 3.05) is 0 Å². The lowest BCUT2D eigenvalue weighted by Gasteiger charge is -2.09. The fraction of sp³-hybridized carbons (Fsp3) is 0.500. The number of nitrogens with two attached hydrogens (primary N) is 1. The first-order valence-electron chi connectivity index (χ1n) is 9.02. The molecule has 1 amide bonds. The third-order valence-corrected chi connectivity index (χ3v) is 4.33. The number of primary amides is 1. The summed E-state index contributed by atoms with van der Waals surface area (Å²) in [5, 5.41) is 0. The molecule has 0 aliphatic carbocycles. The maximum atomic E-state index is 11.8. The average Bonchev–Trinajstić information content (AvgIpc) is 3.07. The number of benzene rings is 1. The molecule has 24 heavy (non-hydrogen) atoms. The summed E-state index contributed by atoms with van der Waals surface area (Å²) in [6.07, 6.45) is 10.8. The zero-order chi connectivity index (χ0) is 17.2. The Kier molecular flexibility index (Phi) is 7.53. The highest BCUT2D eigenvalue weighted by Crippen LogP contribution is 2.26. The SMILES string of the molecule is CCCCCCCCCC(C(N)=O)c1nc(-c2ccccc2)co1. The number of hydrogen-bond acceptors (Lipinski definition) is 3. The molecule has 1 heterocycles. The van der Waals surface area contributed by atoms with Crippen molar-refractivity contribution in [3.63, 3.8) is 0 Å². The van der Waals surface area contributed by atoms with Gasteiger partial charge in [0, 0.05) is 5.56 Å². The van der Waals surface area contributed by atoms with Crippen molar-refractivity contribution in [2.24, 2.45) is 5.73 Å². The van der Waals surface area contributed by atoms with Crippen LogP contribution in [0.2, 0.25) is 0 Å². The van der Waals surface area contributed by atoms with Crippen LogP contribution in [0.25, 0.3) is 11.3 Å². The van der Waals surface area contributed by atoms with Gasteiger partial charge in [0.25, 0.3) is 0 Å². The highest BCUT2D eigenvalue weighted by Gasteiger charge is 2.23. The number of oxazole rings is 1. The molecule has 2 aromatic rings. The highest BCUT2D eigenvalue weighted by molar-refractivity contribution is 5.80. The third kappa shape index (κ3) is 5.52. The largest absolute Gasteiger partial charge is 0.447 e. The van der Waals surface area contributed by atoms with Gasteiger partial charge in [-0.05, 0) is 6.42 Å². The lowest BCUT2D eigenvalue weighted by molar-refractivity contribution is -0.120.